The summed E-state index contributed by atoms with van der Waals surface area (Å²) in [6.45, 7) is 4.62. The molecule has 6 heterocycles. The van der Waals surface area contributed by atoms with Crippen molar-refractivity contribution < 1.29 is 103 Å². The molecule has 3 aliphatic rings. The van der Waals surface area contributed by atoms with Crippen molar-refractivity contribution in [3.05, 3.63) is 51.4 Å². The molecule has 3 aromatic rings. The van der Waals surface area contributed by atoms with Gasteiger partial charge in [0.2, 0.25) is 29.5 Å². The maximum atomic E-state index is 15.2. The van der Waals surface area contributed by atoms with Crippen molar-refractivity contribution in [1.82, 2.24) is 62.1 Å². The second-order valence-electron chi connectivity index (χ2n) is 24.9. The van der Waals surface area contributed by atoms with Crippen LogP contribution in [0.2, 0.25) is 0 Å². The number of nitrogens with zero attached hydrogens (tertiary/aromatic N) is 7. The fourth-order valence-corrected chi connectivity index (χ4v) is 12.8. The van der Waals surface area contributed by atoms with Gasteiger partial charge in [-0.2, -0.15) is 0 Å². The highest BCUT2D eigenvalue weighted by Crippen LogP contribution is 2.36. The van der Waals surface area contributed by atoms with Gasteiger partial charge in [0.1, 0.15) is 95.0 Å². The zero-order chi connectivity index (χ0) is 78.2. The van der Waals surface area contributed by atoms with Gasteiger partial charge in [0.25, 0.3) is 11.8 Å². The van der Waals surface area contributed by atoms with Gasteiger partial charge >= 0.3 is 6.09 Å². The molecule has 0 saturated carbocycles. The summed E-state index contributed by atoms with van der Waals surface area (Å²) in [6.07, 6.45) is -22.3. The first-order valence-corrected chi connectivity index (χ1v) is 35.4. The summed E-state index contributed by atoms with van der Waals surface area (Å²) in [4.78, 5) is 140. The zero-order valence-corrected chi connectivity index (χ0v) is 60.0. The summed E-state index contributed by atoms with van der Waals surface area (Å²) >= 11 is 2.69. The Morgan fingerprint density at radius 1 is 0.755 bits per heavy atom. The monoisotopic (exact) mass is 1540 g/mol. The Balaban J connectivity index is 1.16. The second kappa shape index (κ2) is 41.4. The van der Waals surface area contributed by atoms with Gasteiger partial charge in [-0.05, 0) is 46.5 Å². The highest BCUT2D eigenvalue weighted by atomic mass is 32.2. The number of hydrogen-bond donors (Lipinski definition) is 24. The molecule has 0 spiro atoms. The number of H-pyrrole nitrogens is 1. The number of aliphatic hydroxyl groups excluding tert-OH is 8. The first-order chi connectivity index (χ1) is 50.2. The highest BCUT2D eigenvalue weighted by molar-refractivity contribution is 8.14. The van der Waals surface area contributed by atoms with E-state index < -0.39 is 183 Å². The third-order valence-electron chi connectivity index (χ3n) is 16.8. The van der Waals surface area contributed by atoms with Gasteiger partial charge in [-0.15, -0.1) is 23.1 Å². The zero-order valence-electron chi connectivity index (χ0n) is 58.3. The van der Waals surface area contributed by atoms with Crippen LogP contribution >= 0.6 is 23.1 Å². The highest BCUT2D eigenvalue weighted by Gasteiger charge is 2.54. The number of primary amides is 3. The van der Waals surface area contributed by atoms with Crippen molar-refractivity contribution in [3.8, 4) is 0 Å². The number of thiazole rings is 1. The number of carbonyl (C=O) groups is 8. The predicted molar refractivity (Wildman–Crippen MR) is 376 cm³/mol. The molecule has 3 aliphatic heterocycles. The molecule has 2 saturated heterocycles. The van der Waals surface area contributed by atoms with Gasteiger partial charge in [0.15, 0.2) is 30.6 Å². The van der Waals surface area contributed by atoms with Crippen molar-refractivity contribution in [2.24, 2.45) is 61.0 Å². The van der Waals surface area contributed by atoms with E-state index in [2.05, 4.69) is 72.1 Å². The Bertz CT molecular complexity index is 3520. The molecule has 20 atom stereocenters. The van der Waals surface area contributed by atoms with E-state index >= 15 is 4.79 Å². The Labute approximate surface area is 614 Å². The van der Waals surface area contributed by atoms with E-state index in [9.17, 15) is 74.4 Å². The summed E-state index contributed by atoms with van der Waals surface area (Å²) in [7, 11) is 0. The molecule has 0 bridgehead atoms. The number of aliphatic imine (C=N–C) groups is 3. The molecule has 6 rings (SSSR count). The predicted octanol–water partition coefficient (Wildman–Crippen LogP) is -9.32. The number of thioether (sulfide) groups is 1. The van der Waals surface area contributed by atoms with Crippen molar-refractivity contribution >= 4 is 93.3 Å². The fraction of sp³-hybridized carbons (Fsp3) is 0.650. The van der Waals surface area contributed by atoms with Crippen LogP contribution < -0.4 is 83.1 Å². The number of amides is 8. The minimum absolute atomic E-state index is 0.000346. The van der Waals surface area contributed by atoms with E-state index in [0.717, 1.165) is 25.4 Å². The normalized spacial score (nSPS) is 24.3. The first kappa shape index (κ1) is 86.2. The largest absolute Gasteiger partial charge is 0.441 e. The van der Waals surface area contributed by atoms with Crippen LogP contribution in [-0.2, 0) is 47.7 Å². The van der Waals surface area contributed by atoms with E-state index in [-0.39, 0.29) is 66.0 Å². The summed E-state index contributed by atoms with van der Waals surface area (Å²) in [6, 6.07) is -8.27. The second-order valence-corrected chi connectivity index (χ2v) is 26.9. The van der Waals surface area contributed by atoms with Gasteiger partial charge in [-0.1, -0.05) is 6.92 Å². The third-order valence-corrected chi connectivity index (χ3v) is 18.9. The lowest BCUT2D eigenvalue weighted by molar-refractivity contribution is -0.372. The number of ether oxygens (including phenoxy) is 5. The number of guanidine groups is 2. The SMILES string of the molecule is Cc1c(N)nc([C@@H](CC(N)=O)NC[C@H](N)C(N)=O)nc1C(=O)N[C@H](C(=O)N[C@H](C)[C@@H](O)[C@H](C)C(=O)N[C@H](C(=O)NCCC1=NC(c2nc(C(=O)NCCCCNC(N)=NCCCCN=C(N)N)cs2)CS1)[C@@H](C)O)[C@@H](O[C@@H]1O[C@@H](CO)[C@@H](O)[C@H](O)[C@@H]1O[C@H]1O[C@H](CO)[C@@H](O)[C@H](OC(N)=O)[C@@H]1O)c1cnc[nH]1. The standard InChI is InChI=1S/C60H97N23O21S2/c1-23-36(80-49(83-47(23)63)28(15-34(62)87)75-16-27(61)48(64)93)53(97)82-38(44(29-17-69-22-76-29)102-57-46(42(91)40(89)32(18-84)101-57)103-56-43(92)45(104-60(68)99)41(90)33(19-85)100-56)54(98)77-25(3)39(88)24(2)50(94)81-37(26(4)86)52(96)71-14-9-35-78-31(21-105-35)55-79-30(20-106-55)51(95)70-10-5-7-12-73-59(67)74-13-8-6-11-72-58(65)66/h17,20,22,24-28,31-33,37-46,56-57,75,84-86,88-92H,5-16,18-19,21,61H2,1-4H3,(H2,62,87)(H2,64,93)(H2,68,99)(H,69,76)(H,70,95)(H,71,96)(H,77,98)(H,81,94)(H,82,97)(H2,63,80,83)(H4,65,66,72)(H3,67,73,74)/t24-,25+,26+,27-,28+,31?,32-,33+,37-,38-,39-,40+,41+,42-,43-,44-,45-,46-,56+,57-/m0/s1. The molecular weight excluding hydrogens is 1440 g/mol. The van der Waals surface area contributed by atoms with E-state index in [4.69, 9.17) is 74.5 Å². The van der Waals surface area contributed by atoms with Crippen LogP contribution in [0, 0.1) is 12.8 Å². The lowest BCUT2D eigenvalue weighted by atomic mass is 9.96. The number of hydrogen-bond acceptors (Lipinski definition) is 33. The molecule has 2 fully saturated rings. The molecule has 0 aliphatic carbocycles. The van der Waals surface area contributed by atoms with E-state index in [1.165, 1.54) is 50.8 Å². The number of rotatable bonds is 41. The number of imidazole rings is 1. The maximum absolute atomic E-state index is 15.2. The first-order valence-electron chi connectivity index (χ1n) is 33.5. The Morgan fingerprint density at radius 3 is 2.06 bits per heavy atom. The molecule has 106 heavy (non-hydrogen) atoms. The van der Waals surface area contributed by atoms with E-state index in [1.54, 1.807) is 5.38 Å². The lowest BCUT2D eigenvalue weighted by Gasteiger charge is -2.47. The number of anilines is 1. The number of nitrogens with one attached hydrogen (secondary N) is 8. The number of nitrogen functional groups attached to an aromatic ring is 1. The quantitative estimate of drug-likeness (QED) is 0.0142. The van der Waals surface area contributed by atoms with Gasteiger partial charge in [0.05, 0.1) is 72.7 Å². The molecule has 3 aromatic heterocycles. The lowest BCUT2D eigenvalue weighted by Crippen LogP contribution is -2.65. The average Bonchev–Trinajstić information content (AvgIpc) is 0.905. The summed E-state index contributed by atoms with van der Waals surface area (Å²) in [5.74, 6) is -7.92. The summed E-state index contributed by atoms with van der Waals surface area (Å²) < 4.78 is 28.8. The molecule has 32 N–H and O–H groups in total. The van der Waals surface area contributed by atoms with Crippen molar-refractivity contribution in [2.45, 2.75) is 182 Å². The van der Waals surface area contributed by atoms with Crippen LogP contribution in [0.4, 0.5) is 10.6 Å². The Kier molecular flexibility index (Phi) is 33.7. The van der Waals surface area contributed by atoms with Gasteiger partial charge in [-0.25, -0.2) is 24.7 Å². The number of unbranched alkanes of at least 4 members (excludes halogenated alkanes) is 2. The Morgan fingerprint density at radius 2 is 1.42 bits per heavy atom. The van der Waals surface area contributed by atoms with Crippen LogP contribution in [0.3, 0.4) is 0 Å². The van der Waals surface area contributed by atoms with Crippen LogP contribution in [0.25, 0.3) is 0 Å². The topological polar surface area (TPSA) is 741 Å². The molecule has 8 amide bonds. The Hall–Kier alpha value is -8.72. The molecule has 44 nitrogen and oxygen atoms in total. The van der Waals surface area contributed by atoms with Crippen LogP contribution in [0.5, 0.6) is 0 Å². The molecular formula is C60H97N23O21S2. The van der Waals surface area contributed by atoms with Gasteiger partial charge in [0, 0.05) is 68.8 Å². The molecule has 0 aromatic carbocycles. The smallest absolute Gasteiger partial charge is 0.404 e. The minimum atomic E-state index is -2.21. The fourth-order valence-electron chi connectivity index (χ4n) is 10.8. The third kappa shape index (κ3) is 24.7. The van der Waals surface area contributed by atoms with Crippen molar-refractivity contribution in [1.29, 1.82) is 0 Å². The van der Waals surface area contributed by atoms with E-state index in [1.807, 2.05) is 0 Å². The van der Waals surface area contributed by atoms with Crippen LogP contribution in [-0.4, -0.2) is 286 Å². The maximum Gasteiger partial charge on any atom is 0.404 e. The molecule has 46 heteroatoms. The minimum Gasteiger partial charge on any atom is -0.441 e. The molecule has 0 radical (unpaired) electrons. The van der Waals surface area contributed by atoms with Gasteiger partial charge < -0.3 is 153 Å². The summed E-state index contributed by atoms with van der Waals surface area (Å²) in [5.41, 5.74) is 44.1. The van der Waals surface area contributed by atoms with Crippen molar-refractivity contribution in [3.63, 3.8) is 0 Å². The number of aliphatic hydroxyl groups is 8. The van der Waals surface area contributed by atoms with E-state index in [0.29, 0.717) is 60.8 Å². The number of aromatic nitrogens is 5. The number of aromatic amines is 1. The number of nitrogens with two attached hydrogens (primary N) is 8. The van der Waals surface area contributed by atoms with Crippen LogP contribution in [0.15, 0.2) is 32.9 Å². The molecule has 590 valence electrons. The summed E-state index contributed by atoms with van der Waals surface area (Å²) in [5, 5.41) is 110. The van der Waals surface area contributed by atoms with Crippen molar-refractivity contribution in [2.75, 3.05) is 64.0 Å². The number of carbonyl (C=O) groups excluding carboxylic acids is 8. The average molecular weight is 1540 g/mol. The van der Waals surface area contributed by atoms with Gasteiger partial charge in [-0.3, -0.25) is 48.5 Å². The molecule has 1 unspecified atom stereocenters. The van der Waals surface area contributed by atoms with Crippen LogP contribution in [0.1, 0.15) is 121 Å².